The smallest absolute Gasteiger partial charge is 0.310 e. The first-order valence-electron chi connectivity index (χ1n) is 7.32. The number of nitrogens with one attached hydrogen (secondary N) is 1. The second-order valence-electron chi connectivity index (χ2n) is 5.43. The van der Waals surface area contributed by atoms with Crippen molar-refractivity contribution in [2.75, 3.05) is 11.9 Å². The lowest BCUT2D eigenvalue weighted by Gasteiger charge is -2.08. The van der Waals surface area contributed by atoms with Crippen LogP contribution < -0.4 is 5.32 Å². The van der Waals surface area contributed by atoms with Gasteiger partial charge in [-0.15, -0.1) is 0 Å². The molecule has 0 spiro atoms. The number of halogens is 2. The van der Waals surface area contributed by atoms with Gasteiger partial charge in [-0.25, -0.2) is 4.39 Å². The molecule has 2 rings (SSSR count). The van der Waals surface area contributed by atoms with E-state index in [1.165, 1.54) is 12.1 Å². The molecule has 1 N–H and O–H groups in total. The van der Waals surface area contributed by atoms with Crippen molar-refractivity contribution in [1.82, 2.24) is 0 Å². The average Bonchev–Trinajstić information content (AvgIpc) is 2.52. The van der Waals surface area contributed by atoms with Crippen LogP contribution in [0.1, 0.15) is 16.7 Å². The first-order chi connectivity index (χ1) is 11.3. The Kier molecular flexibility index (Phi) is 5.93. The highest BCUT2D eigenvalue weighted by Gasteiger charge is 2.11. The van der Waals surface area contributed by atoms with E-state index in [2.05, 4.69) is 5.32 Å². The maximum Gasteiger partial charge on any atom is 0.310 e. The van der Waals surface area contributed by atoms with E-state index in [0.29, 0.717) is 0 Å². The second-order valence-corrected chi connectivity index (χ2v) is 5.86. The summed E-state index contributed by atoms with van der Waals surface area (Å²) in [5.41, 5.74) is 3.01. The third-order valence-electron chi connectivity index (χ3n) is 3.49. The second kappa shape index (κ2) is 7.93. The monoisotopic (exact) mass is 349 g/mol. The van der Waals surface area contributed by atoms with Crippen LogP contribution in [0.25, 0.3) is 0 Å². The number of anilines is 1. The van der Waals surface area contributed by atoms with Crippen molar-refractivity contribution in [2.24, 2.45) is 0 Å². The fourth-order valence-corrected chi connectivity index (χ4v) is 2.21. The fraction of sp³-hybridized carbons (Fsp3) is 0.222. The van der Waals surface area contributed by atoms with E-state index in [1.54, 1.807) is 0 Å². The third-order valence-corrected chi connectivity index (χ3v) is 3.72. The van der Waals surface area contributed by atoms with Crippen molar-refractivity contribution in [2.45, 2.75) is 20.3 Å². The highest BCUT2D eigenvalue weighted by Crippen LogP contribution is 2.18. The minimum Gasteiger partial charge on any atom is -0.455 e. The molecule has 0 aliphatic carbocycles. The maximum atomic E-state index is 13.6. The Labute approximate surface area is 144 Å². The topological polar surface area (TPSA) is 55.4 Å². The van der Waals surface area contributed by atoms with Crippen LogP contribution in [0.15, 0.2) is 36.4 Å². The summed E-state index contributed by atoms with van der Waals surface area (Å²) in [6, 6.07) is 9.54. The van der Waals surface area contributed by atoms with Gasteiger partial charge in [0.15, 0.2) is 6.61 Å². The van der Waals surface area contributed by atoms with Crippen LogP contribution in [-0.2, 0) is 20.7 Å². The number of amides is 1. The molecular weight excluding hydrogens is 333 g/mol. The highest BCUT2D eigenvalue weighted by molar-refractivity contribution is 6.30. The van der Waals surface area contributed by atoms with Crippen molar-refractivity contribution < 1.29 is 18.7 Å². The highest BCUT2D eigenvalue weighted by atomic mass is 35.5. The van der Waals surface area contributed by atoms with Crippen molar-refractivity contribution in [3.63, 3.8) is 0 Å². The summed E-state index contributed by atoms with van der Waals surface area (Å²) < 4.78 is 18.5. The summed E-state index contributed by atoms with van der Waals surface area (Å²) in [6.07, 6.45) is 0.0731. The lowest BCUT2D eigenvalue weighted by molar-refractivity contribution is -0.146. The van der Waals surface area contributed by atoms with Crippen LogP contribution in [0.4, 0.5) is 10.1 Å². The van der Waals surface area contributed by atoms with Crippen LogP contribution in [0, 0.1) is 19.7 Å². The summed E-state index contributed by atoms with van der Waals surface area (Å²) in [4.78, 5) is 23.5. The SMILES string of the molecule is Cc1ccc(CC(=O)OCC(=O)Nc2ccc(Cl)cc2F)cc1C. The standard InChI is InChI=1S/C18H17ClFNO3/c1-11-3-4-13(7-12(11)2)8-18(23)24-10-17(22)21-16-6-5-14(19)9-15(16)20/h3-7,9H,8,10H2,1-2H3,(H,21,22). The Balaban J connectivity index is 1.84. The summed E-state index contributed by atoms with van der Waals surface area (Å²) in [5, 5.41) is 2.55. The first kappa shape index (κ1) is 17.9. The van der Waals surface area contributed by atoms with Crippen molar-refractivity contribution in [3.8, 4) is 0 Å². The van der Waals surface area contributed by atoms with E-state index >= 15 is 0 Å². The van der Waals surface area contributed by atoms with E-state index in [1.807, 2.05) is 32.0 Å². The Morgan fingerprint density at radius 1 is 1.12 bits per heavy atom. The number of esters is 1. The molecule has 0 fully saturated rings. The molecule has 0 radical (unpaired) electrons. The van der Waals surface area contributed by atoms with E-state index in [9.17, 15) is 14.0 Å². The minimum absolute atomic E-state index is 0.0189. The molecule has 126 valence electrons. The molecule has 4 nitrogen and oxygen atoms in total. The molecular formula is C18H17ClFNO3. The van der Waals surface area contributed by atoms with Gasteiger partial charge < -0.3 is 10.1 Å². The Bertz CT molecular complexity index is 777. The van der Waals surface area contributed by atoms with Gasteiger partial charge >= 0.3 is 5.97 Å². The molecule has 0 saturated heterocycles. The van der Waals surface area contributed by atoms with Crippen molar-refractivity contribution in [3.05, 3.63) is 63.9 Å². The molecule has 0 saturated carbocycles. The molecule has 0 bridgehead atoms. The Morgan fingerprint density at radius 2 is 1.88 bits per heavy atom. The Hall–Kier alpha value is -2.40. The summed E-state index contributed by atoms with van der Waals surface area (Å²) >= 11 is 5.63. The molecule has 1 amide bonds. The molecule has 2 aromatic rings. The van der Waals surface area contributed by atoms with Crippen molar-refractivity contribution in [1.29, 1.82) is 0 Å². The van der Waals surface area contributed by atoms with Gasteiger partial charge in [0.05, 0.1) is 12.1 Å². The predicted molar refractivity (Wildman–Crippen MR) is 90.6 cm³/mol. The zero-order chi connectivity index (χ0) is 17.7. The van der Waals surface area contributed by atoms with Crippen molar-refractivity contribution >= 4 is 29.2 Å². The number of carbonyl (C=O) groups excluding carboxylic acids is 2. The molecule has 2 aromatic carbocycles. The molecule has 0 heterocycles. The van der Waals surface area contributed by atoms with Crippen LogP contribution in [0.2, 0.25) is 5.02 Å². The Morgan fingerprint density at radius 3 is 2.54 bits per heavy atom. The maximum absolute atomic E-state index is 13.6. The zero-order valence-corrected chi connectivity index (χ0v) is 14.1. The van der Waals surface area contributed by atoms with Gasteiger partial charge in [0.1, 0.15) is 5.82 Å². The van der Waals surface area contributed by atoms with E-state index < -0.39 is 24.3 Å². The van der Waals surface area contributed by atoms with Crippen LogP contribution in [0.3, 0.4) is 0 Å². The summed E-state index contributed by atoms with van der Waals surface area (Å²) in [6.45, 7) is 3.46. The van der Waals surface area contributed by atoms with Crippen LogP contribution in [-0.4, -0.2) is 18.5 Å². The zero-order valence-electron chi connectivity index (χ0n) is 13.4. The number of ether oxygens (including phenoxy) is 1. The van der Waals surface area contributed by atoms with E-state index in [0.717, 1.165) is 22.8 Å². The number of benzene rings is 2. The van der Waals surface area contributed by atoms with Gasteiger partial charge in [-0.3, -0.25) is 9.59 Å². The van der Waals surface area contributed by atoms with E-state index in [-0.39, 0.29) is 17.1 Å². The van der Waals surface area contributed by atoms with Gasteiger partial charge in [-0.05, 0) is 48.7 Å². The molecule has 0 unspecified atom stereocenters. The number of aryl methyl sites for hydroxylation is 2. The molecule has 0 aromatic heterocycles. The first-order valence-corrected chi connectivity index (χ1v) is 7.69. The lowest BCUT2D eigenvalue weighted by Crippen LogP contribution is -2.22. The molecule has 24 heavy (non-hydrogen) atoms. The van der Waals surface area contributed by atoms with Gasteiger partial charge in [-0.2, -0.15) is 0 Å². The van der Waals surface area contributed by atoms with Gasteiger partial charge in [0.25, 0.3) is 5.91 Å². The molecule has 6 heteroatoms. The van der Waals surface area contributed by atoms with Gasteiger partial charge in [0.2, 0.25) is 0 Å². The molecule has 0 aliphatic rings. The fourth-order valence-electron chi connectivity index (χ4n) is 2.05. The van der Waals surface area contributed by atoms with Crippen LogP contribution in [0.5, 0.6) is 0 Å². The summed E-state index contributed by atoms with van der Waals surface area (Å²) in [5.74, 6) is -1.80. The predicted octanol–water partition coefficient (Wildman–Crippen LogP) is 3.82. The largest absolute Gasteiger partial charge is 0.455 e. The average molecular weight is 350 g/mol. The molecule has 0 aliphatic heterocycles. The molecule has 0 atom stereocenters. The quantitative estimate of drug-likeness (QED) is 0.835. The minimum atomic E-state index is -0.655. The number of carbonyl (C=O) groups is 2. The normalized spacial score (nSPS) is 10.3. The number of hydrogen-bond donors (Lipinski definition) is 1. The van der Waals surface area contributed by atoms with Crippen LogP contribution >= 0.6 is 11.6 Å². The number of rotatable bonds is 5. The number of hydrogen-bond acceptors (Lipinski definition) is 3. The van der Waals surface area contributed by atoms with E-state index in [4.69, 9.17) is 16.3 Å². The van der Waals surface area contributed by atoms with Gasteiger partial charge in [0, 0.05) is 5.02 Å². The third kappa shape index (κ3) is 5.06. The van der Waals surface area contributed by atoms with Gasteiger partial charge in [-0.1, -0.05) is 29.8 Å². The summed E-state index contributed by atoms with van der Waals surface area (Å²) in [7, 11) is 0. The lowest BCUT2D eigenvalue weighted by atomic mass is 10.0.